The van der Waals surface area contributed by atoms with Crippen molar-refractivity contribution in [2.45, 2.75) is 65.5 Å². The number of benzene rings is 1. The van der Waals surface area contributed by atoms with Crippen molar-refractivity contribution in [3.63, 3.8) is 0 Å². The molecule has 2 atom stereocenters. The number of thiophene rings is 1. The second-order valence-electron chi connectivity index (χ2n) is 7.92. The van der Waals surface area contributed by atoms with Crippen LogP contribution in [0.25, 0.3) is 0 Å². The molecule has 5 heteroatoms. The molecule has 0 saturated heterocycles. The predicted molar refractivity (Wildman–Crippen MR) is 119 cm³/mol. The summed E-state index contributed by atoms with van der Waals surface area (Å²) in [6.45, 7) is 9.07. The summed E-state index contributed by atoms with van der Waals surface area (Å²) in [4.78, 5) is 31.3. The van der Waals surface area contributed by atoms with E-state index in [9.17, 15) is 9.59 Å². The minimum Gasteiger partial charge on any atom is -0.331 e. The molecule has 0 spiro atoms. The summed E-state index contributed by atoms with van der Waals surface area (Å²) in [5.74, 6) is 0.121. The number of nitrogens with zero attached hydrogens (tertiary/aromatic N) is 2. The highest BCUT2D eigenvalue weighted by molar-refractivity contribution is 7.10. The molecule has 0 radical (unpaired) electrons. The first-order chi connectivity index (χ1) is 14.0. The summed E-state index contributed by atoms with van der Waals surface area (Å²) in [5, 5.41) is 2.13. The summed E-state index contributed by atoms with van der Waals surface area (Å²) in [7, 11) is 0. The second kappa shape index (κ2) is 9.57. The Morgan fingerprint density at radius 1 is 1.21 bits per heavy atom. The van der Waals surface area contributed by atoms with Crippen LogP contribution in [-0.4, -0.2) is 40.7 Å². The maximum atomic E-state index is 13.5. The lowest BCUT2D eigenvalue weighted by molar-refractivity contribution is -0.143. The third-order valence-electron chi connectivity index (χ3n) is 5.98. The van der Waals surface area contributed by atoms with Crippen LogP contribution in [0.5, 0.6) is 0 Å². The Hall–Kier alpha value is -2.14. The third-order valence-corrected chi connectivity index (χ3v) is 6.98. The summed E-state index contributed by atoms with van der Waals surface area (Å²) < 4.78 is 0. The van der Waals surface area contributed by atoms with Gasteiger partial charge >= 0.3 is 0 Å². The maximum Gasteiger partial charge on any atom is 0.243 e. The van der Waals surface area contributed by atoms with Crippen molar-refractivity contribution in [1.82, 2.24) is 9.80 Å². The standard InChI is InChI=1S/C24H32N2O2S/c1-5-9-22(27)26(18(4)6-2)16-23(28)25-14-12-21-20(13-15-29-21)24(25)19-11-8-7-10-17(19)3/h7-8,10-11,13,15,18,24H,5-6,9,12,14,16H2,1-4H3/t18-,24+/m0/s1. The average molecular weight is 413 g/mol. The van der Waals surface area contributed by atoms with E-state index < -0.39 is 0 Å². The Balaban J connectivity index is 1.92. The van der Waals surface area contributed by atoms with Crippen LogP contribution in [0.1, 0.15) is 67.6 Å². The zero-order valence-corrected chi connectivity index (χ0v) is 18.8. The summed E-state index contributed by atoms with van der Waals surface area (Å²) >= 11 is 1.77. The lowest BCUT2D eigenvalue weighted by atomic mass is 9.90. The number of fused-ring (bicyclic) bond motifs is 1. The molecule has 1 aromatic heterocycles. The van der Waals surface area contributed by atoms with Crippen molar-refractivity contribution in [2.75, 3.05) is 13.1 Å². The molecule has 2 heterocycles. The molecule has 0 bridgehead atoms. The van der Waals surface area contributed by atoms with Crippen LogP contribution in [0.4, 0.5) is 0 Å². The van der Waals surface area contributed by atoms with Gasteiger partial charge in [0, 0.05) is 23.9 Å². The van der Waals surface area contributed by atoms with E-state index in [1.54, 1.807) is 16.2 Å². The van der Waals surface area contributed by atoms with Gasteiger partial charge in [0.05, 0.1) is 6.04 Å². The smallest absolute Gasteiger partial charge is 0.243 e. The van der Waals surface area contributed by atoms with Gasteiger partial charge in [-0.05, 0) is 61.2 Å². The van der Waals surface area contributed by atoms with Crippen molar-refractivity contribution in [1.29, 1.82) is 0 Å². The summed E-state index contributed by atoms with van der Waals surface area (Å²) in [6, 6.07) is 10.5. The normalized spacial score (nSPS) is 17.0. The van der Waals surface area contributed by atoms with Gasteiger partial charge < -0.3 is 9.80 Å². The molecular weight excluding hydrogens is 380 g/mol. The SMILES string of the molecule is CCCC(=O)N(CC(=O)N1CCc2sccc2[C@H]1c1ccccc1C)[C@@H](C)CC. The third kappa shape index (κ3) is 4.55. The fraction of sp³-hybridized carbons (Fsp3) is 0.500. The Kier molecular flexibility index (Phi) is 7.12. The Bertz CT molecular complexity index is 860. The van der Waals surface area contributed by atoms with Gasteiger partial charge in [-0.2, -0.15) is 0 Å². The second-order valence-corrected chi connectivity index (χ2v) is 8.92. The lowest BCUT2D eigenvalue weighted by Crippen LogP contribution is -2.49. The topological polar surface area (TPSA) is 40.6 Å². The van der Waals surface area contributed by atoms with Crippen LogP contribution < -0.4 is 0 Å². The molecule has 156 valence electrons. The lowest BCUT2D eigenvalue weighted by Gasteiger charge is -2.39. The minimum atomic E-state index is -0.0706. The van der Waals surface area contributed by atoms with E-state index in [2.05, 4.69) is 37.4 Å². The van der Waals surface area contributed by atoms with E-state index in [0.717, 1.165) is 19.3 Å². The molecule has 0 N–H and O–H groups in total. The fourth-order valence-electron chi connectivity index (χ4n) is 4.12. The maximum absolute atomic E-state index is 13.5. The Labute approximate surface area is 178 Å². The number of aryl methyl sites for hydroxylation is 1. The van der Waals surface area contributed by atoms with Crippen LogP contribution in [-0.2, 0) is 16.0 Å². The first kappa shape index (κ1) is 21.6. The first-order valence-electron chi connectivity index (χ1n) is 10.7. The Morgan fingerprint density at radius 3 is 2.66 bits per heavy atom. The molecule has 2 aromatic rings. The fourth-order valence-corrected chi connectivity index (χ4v) is 5.02. The summed E-state index contributed by atoms with van der Waals surface area (Å²) in [6.07, 6.45) is 3.02. The van der Waals surface area contributed by atoms with Crippen LogP contribution in [0.15, 0.2) is 35.7 Å². The molecule has 1 aliphatic rings. The van der Waals surface area contributed by atoms with Crippen molar-refractivity contribution in [2.24, 2.45) is 0 Å². The van der Waals surface area contributed by atoms with Gasteiger partial charge in [0.15, 0.2) is 0 Å². The number of carbonyl (C=O) groups is 2. The van der Waals surface area contributed by atoms with Crippen LogP contribution in [0.3, 0.4) is 0 Å². The number of carbonyl (C=O) groups excluding carboxylic acids is 2. The van der Waals surface area contributed by atoms with E-state index in [1.165, 1.54) is 21.6 Å². The zero-order valence-electron chi connectivity index (χ0n) is 18.0. The van der Waals surface area contributed by atoms with Gasteiger partial charge in [-0.1, -0.05) is 38.1 Å². The van der Waals surface area contributed by atoms with Gasteiger partial charge in [0.1, 0.15) is 6.54 Å². The molecule has 1 aliphatic heterocycles. The Morgan fingerprint density at radius 2 is 1.97 bits per heavy atom. The van der Waals surface area contributed by atoms with E-state index in [1.807, 2.05) is 30.9 Å². The number of amides is 2. The van der Waals surface area contributed by atoms with Gasteiger partial charge in [0.25, 0.3) is 0 Å². The van der Waals surface area contributed by atoms with Crippen molar-refractivity contribution in [3.05, 3.63) is 57.3 Å². The molecule has 3 rings (SSSR count). The largest absolute Gasteiger partial charge is 0.331 e. The van der Waals surface area contributed by atoms with E-state index in [-0.39, 0.29) is 30.4 Å². The molecule has 29 heavy (non-hydrogen) atoms. The van der Waals surface area contributed by atoms with Crippen molar-refractivity contribution >= 4 is 23.2 Å². The number of hydrogen-bond donors (Lipinski definition) is 0. The quantitative estimate of drug-likeness (QED) is 0.645. The van der Waals surface area contributed by atoms with Crippen molar-refractivity contribution < 1.29 is 9.59 Å². The highest BCUT2D eigenvalue weighted by Crippen LogP contribution is 2.39. The van der Waals surface area contributed by atoms with Crippen LogP contribution in [0.2, 0.25) is 0 Å². The van der Waals surface area contributed by atoms with Gasteiger partial charge in [-0.15, -0.1) is 11.3 Å². The molecule has 0 fully saturated rings. The monoisotopic (exact) mass is 412 g/mol. The van der Waals surface area contributed by atoms with E-state index >= 15 is 0 Å². The van der Waals surface area contributed by atoms with Gasteiger partial charge in [0.2, 0.25) is 11.8 Å². The first-order valence-corrected chi connectivity index (χ1v) is 11.6. The zero-order chi connectivity index (χ0) is 21.0. The molecule has 0 aliphatic carbocycles. The molecule has 4 nitrogen and oxygen atoms in total. The number of hydrogen-bond acceptors (Lipinski definition) is 3. The molecule has 0 unspecified atom stereocenters. The van der Waals surface area contributed by atoms with Gasteiger partial charge in [-0.3, -0.25) is 9.59 Å². The average Bonchev–Trinajstić information content (AvgIpc) is 3.20. The number of rotatable bonds is 7. The molecule has 2 amide bonds. The van der Waals surface area contributed by atoms with E-state index in [0.29, 0.717) is 13.0 Å². The predicted octanol–water partition coefficient (Wildman–Crippen LogP) is 4.96. The summed E-state index contributed by atoms with van der Waals surface area (Å²) in [5.41, 5.74) is 3.60. The highest BCUT2D eigenvalue weighted by Gasteiger charge is 2.35. The van der Waals surface area contributed by atoms with Crippen LogP contribution in [0, 0.1) is 6.92 Å². The molecule has 0 saturated carbocycles. The molecular formula is C24H32N2O2S. The minimum absolute atomic E-state index is 0.0415. The van der Waals surface area contributed by atoms with Gasteiger partial charge in [-0.25, -0.2) is 0 Å². The van der Waals surface area contributed by atoms with Crippen LogP contribution >= 0.6 is 11.3 Å². The highest BCUT2D eigenvalue weighted by atomic mass is 32.1. The van der Waals surface area contributed by atoms with E-state index in [4.69, 9.17) is 0 Å². The molecule has 1 aromatic carbocycles. The van der Waals surface area contributed by atoms with Crippen molar-refractivity contribution in [3.8, 4) is 0 Å².